The van der Waals surface area contributed by atoms with E-state index in [-0.39, 0.29) is 65.0 Å². The second-order valence-corrected chi connectivity index (χ2v) is 14.8. The summed E-state index contributed by atoms with van der Waals surface area (Å²) in [5.41, 5.74) is 0.265. The highest BCUT2D eigenvalue weighted by atomic mass is 19.1. The van der Waals surface area contributed by atoms with Crippen LogP contribution in [0.4, 0.5) is 19.0 Å². The van der Waals surface area contributed by atoms with Crippen LogP contribution in [0, 0.1) is 17.6 Å². The lowest BCUT2D eigenvalue weighted by atomic mass is 9.93. The first kappa shape index (κ1) is 29.1. The van der Waals surface area contributed by atoms with Crippen LogP contribution in [0.25, 0.3) is 32.9 Å². The first-order valence-electron chi connectivity index (χ1n) is 17.4. The highest BCUT2D eigenvalue weighted by Crippen LogP contribution is 2.46. The molecule has 2 bridgehead atoms. The van der Waals surface area contributed by atoms with E-state index in [1.54, 1.807) is 12.1 Å². The number of nitrogens with one attached hydrogen (secondary N) is 1. The summed E-state index contributed by atoms with van der Waals surface area (Å²) in [7, 11) is 0. The molecular formula is C36H37F3N6O3. The number of hydrogen-bond donors (Lipinski definition) is 2. The molecule has 4 saturated heterocycles. The number of phenols is 1. The summed E-state index contributed by atoms with van der Waals surface area (Å²) in [6.07, 6.45) is 5.85. The van der Waals surface area contributed by atoms with Crippen molar-refractivity contribution < 1.29 is 27.8 Å². The number of phenolic OH excluding ortho intramolecular Hbond substituents is 1. The summed E-state index contributed by atoms with van der Waals surface area (Å²) >= 11 is 0. The van der Waals surface area contributed by atoms with Crippen LogP contribution in [0.2, 0.25) is 0 Å². The van der Waals surface area contributed by atoms with Gasteiger partial charge in [0.15, 0.2) is 5.82 Å². The van der Waals surface area contributed by atoms with E-state index >= 15 is 8.78 Å². The molecule has 0 radical (unpaired) electrons. The number of fused-ring (bicyclic) bond motifs is 7. The molecule has 5 atom stereocenters. The Kier molecular flexibility index (Phi) is 6.38. The number of aromatic hydroxyl groups is 1. The van der Waals surface area contributed by atoms with Gasteiger partial charge in [-0.15, -0.1) is 0 Å². The number of anilines is 1. The molecule has 2 aromatic heterocycles. The van der Waals surface area contributed by atoms with Gasteiger partial charge in [0, 0.05) is 37.2 Å². The van der Waals surface area contributed by atoms with Gasteiger partial charge in [0.05, 0.1) is 11.6 Å². The standard InChI is InChI=1S/C36H37F3N6O3/c37-20-13-36(8-1-9-44(36)14-20)17-48-35-42-32-29-33(43-35)45-15-21-5-7-26(40-21)27(45)16-47-34(29)41-31(30(32)39)24-12-22(46)11-19-4-6-25(38)23(28(19)24)10-18-2-3-18/h4,6,11-12,18,20-21,26-27,40,46H,1-3,5,7-10,13-17H2/t20-,21-,26+,27-,36+/m1/s1. The molecule has 0 unspecified atom stereocenters. The van der Waals surface area contributed by atoms with Crippen LogP contribution in [0.3, 0.4) is 0 Å². The Labute approximate surface area is 275 Å². The third kappa shape index (κ3) is 4.47. The Morgan fingerprint density at radius 1 is 1.06 bits per heavy atom. The van der Waals surface area contributed by atoms with Crippen LogP contribution < -0.4 is 19.7 Å². The number of pyridine rings is 1. The molecule has 6 aliphatic rings. The third-order valence-electron chi connectivity index (χ3n) is 11.8. The van der Waals surface area contributed by atoms with Gasteiger partial charge in [-0.1, -0.05) is 6.07 Å². The first-order chi connectivity index (χ1) is 23.3. The van der Waals surface area contributed by atoms with Crippen LogP contribution in [-0.4, -0.2) is 87.6 Å². The molecule has 48 heavy (non-hydrogen) atoms. The van der Waals surface area contributed by atoms with E-state index < -0.39 is 17.5 Å². The number of piperazine rings is 1. The Morgan fingerprint density at radius 2 is 1.96 bits per heavy atom. The summed E-state index contributed by atoms with van der Waals surface area (Å²) in [6, 6.07) is 6.44. The van der Waals surface area contributed by atoms with Crippen molar-refractivity contribution in [3.63, 3.8) is 0 Å². The van der Waals surface area contributed by atoms with E-state index in [0.29, 0.717) is 66.0 Å². The lowest BCUT2D eigenvalue weighted by molar-refractivity contribution is 0.107. The van der Waals surface area contributed by atoms with Gasteiger partial charge in [-0.2, -0.15) is 9.97 Å². The van der Waals surface area contributed by atoms with Gasteiger partial charge in [-0.25, -0.2) is 18.2 Å². The van der Waals surface area contributed by atoms with E-state index in [9.17, 15) is 9.50 Å². The molecule has 1 saturated carbocycles. The van der Waals surface area contributed by atoms with Crippen molar-refractivity contribution in [2.45, 2.75) is 81.2 Å². The number of rotatable bonds is 6. The number of benzene rings is 2. The van der Waals surface area contributed by atoms with Crippen LogP contribution >= 0.6 is 0 Å². The molecule has 0 spiro atoms. The Balaban J connectivity index is 1.16. The van der Waals surface area contributed by atoms with Crippen LogP contribution in [0.1, 0.15) is 50.5 Å². The third-order valence-corrected chi connectivity index (χ3v) is 11.8. The molecule has 12 heteroatoms. The maximum atomic E-state index is 17.2. The Morgan fingerprint density at radius 3 is 2.83 bits per heavy atom. The van der Waals surface area contributed by atoms with Gasteiger partial charge in [0.2, 0.25) is 5.88 Å². The van der Waals surface area contributed by atoms with Gasteiger partial charge in [-0.05, 0) is 91.9 Å². The van der Waals surface area contributed by atoms with Crippen molar-refractivity contribution in [1.29, 1.82) is 0 Å². The zero-order chi connectivity index (χ0) is 32.3. The molecule has 10 rings (SSSR count). The average molecular weight is 659 g/mol. The van der Waals surface area contributed by atoms with Gasteiger partial charge in [-0.3, -0.25) is 4.90 Å². The lowest BCUT2D eigenvalue weighted by Crippen LogP contribution is -2.60. The molecule has 250 valence electrons. The molecule has 1 aliphatic carbocycles. The van der Waals surface area contributed by atoms with Crippen molar-refractivity contribution >= 4 is 27.5 Å². The van der Waals surface area contributed by atoms with Crippen molar-refractivity contribution in [1.82, 2.24) is 25.2 Å². The molecule has 0 amide bonds. The SMILES string of the molecule is Oc1cc(-c2nc3c4c(nc(OC[C@@]56CCCN5C[C@H](F)C6)nc4c2F)N2C[C@H]4CC[C@H](N4)[C@H]2CO3)c2c(CC3CC3)c(F)ccc2c1. The summed E-state index contributed by atoms with van der Waals surface area (Å²) in [5.74, 6) is -0.0829. The fraction of sp³-hybridized carbons (Fsp3) is 0.528. The summed E-state index contributed by atoms with van der Waals surface area (Å²) in [5, 5.41) is 16.0. The second-order valence-electron chi connectivity index (χ2n) is 14.8. The first-order valence-corrected chi connectivity index (χ1v) is 17.4. The molecule has 4 aromatic rings. The fourth-order valence-electron chi connectivity index (χ4n) is 9.30. The minimum absolute atomic E-state index is 0.00580. The monoisotopic (exact) mass is 658 g/mol. The number of hydrogen-bond acceptors (Lipinski definition) is 9. The van der Waals surface area contributed by atoms with Crippen LogP contribution in [0.15, 0.2) is 24.3 Å². The molecule has 9 nitrogen and oxygen atoms in total. The van der Waals surface area contributed by atoms with Gasteiger partial charge >= 0.3 is 6.01 Å². The van der Waals surface area contributed by atoms with Crippen LogP contribution in [-0.2, 0) is 6.42 Å². The summed E-state index contributed by atoms with van der Waals surface area (Å²) in [6.45, 7) is 2.40. The predicted octanol–water partition coefficient (Wildman–Crippen LogP) is 5.44. The highest BCUT2D eigenvalue weighted by molar-refractivity contribution is 6.03. The molecular weight excluding hydrogens is 621 g/mol. The van der Waals surface area contributed by atoms with Gasteiger partial charge in [0.25, 0.3) is 0 Å². The van der Waals surface area contributed by atoms with E-state index in [1.807, 2.05) is 0 Å². The van der Waals surface area contributed by atoms with Crippen molar-refractivity contribution in [2.24, 2.45) is 5.92 Å². The van der Waals surface area contributed by atoms with Gasteiger partial charge < -0.3 is 24.8 Å². The number of alkyl halides is 1. The maximum Gasteiger partial charge on any atom is 0.319 e. The Hall–Kier alpha value is -3.90. The van der Waals surface area contributed by atoms with Crippen molar-refractivity contribution in [2.75, 3.05) is 37.7 Å². The van der Waals surface area contributed by atoms with Crippen molar-refractivity contribution in [3.8, 4) is 28.9 Å². The molecule has 5 aliphatic heterocycles. The zero-order valence-electron chi connectivity index (χ0n) is 26.5. The second kappa shape index (κ2) is 10.5. The van der Waals surface area contributed by atoms with Gasteiger partial charge in [0.1, 0.15) is 53.4 Å². The zero-order valence-corrected chi connectivity index (χ0v) is 26.5. The average Bonchev–Trinajstić information content (AvgIpc) is 3.62. The summed E-state index contributed by atoms with van der Waals surface area (Å²) < 4.78 is 60.0. The van der Waals surface area contributed by atoms with E-state index in [1.165, 1.54) is 12.1 Å². The number of halogens is 3. The largest absolute Gasteiger partial charge is 0.508 e. The smallest absolute Gasteiger partial charge is 0.319 e. The summed E-state index contributed by atoms with van der Waals surface area (Å²) in [4.78, 5) is 18.7. The fourth-order valence-corrected chi connectivity index (χ4v) is 9.30. The number of ether oxygens (including phenoxy) is 2. The molecule has 5 fully saturated rings. The van der Waals surface area contributed by atoms with E-state index in [4.69, 9.17) is 19.4 Å². The topological polar surface area (TPSA) is 95.9 Å². The predicted molar refractivity (Wildman–Crippen MR) is 173 cm³/mol. The van der Waals surface area contributed by atoms with Crippen LogP contribution in [0.5, 0.6) is 17.6 Å². The normalized spacial score (nSPS) is 29.3. The molecule has 2 N–H and O–H groups in total. The van der Waals surface area contributed by atoms with E-state index in [0.717, 1.165) is 45.1 Å². The minimum atomic E-state index is -0.911. The lowest BCUT2D eigenvalue weighted by Gasteiger charge is -2.40. The maximum absolute atomic E-state index is 17.2. The number of nitrogens with zero attached hydrogens (tertiary/aromatic N) is 5. The highest BCUT2D eigenvalue weighted by Gasteiger charge is 2.50. The Bertz CT molecular complexity index is 1990. The van der Waals surface area contributed by atoms with E-state index in [2.05, 4.69) is 20.1 Å². The van der Waals surface area contributed by atoms with Crippen molar-refractivity contribution in [3.05, 3.63) is 41.5 Å². The molecule has 2 aromatic carbocycles. The molecule has 7 heterocycles. The minimum Gasteiger partial charge on any atom is -0.508 e. The quantitative estimate of drug-likeness (QED) is 0.281. The number of aromatic nitrogens is 3.